The number of piperidine rings is 1. The number of fused-ring (bicyclic) bond motifs is 3. The lowest BCUT2D eigenvalue weighted by atomic mass is 9.99. The summed E-state index contributed by atoms with van der Waals surface area (Å²) in [6.45, 7) is 0.887. The molecule has 2 N–H and O–H groups in total. The highest BCUT2D eigenvalue weighted by atomic mass is 16.5. The van der Waals surface area contributed by atoms with Crippen LogP contribution in [0.5, 0.6) is 5.75 Å². The first-order valence-corrected chi connectivity index (χ1v) is 12.5. The number of aromatic amines is 1. The van der Waals surface area contributed by atoms with E-state index in [1.54, 1.807) is 12.0 Å². The largest absolute Gasteiger partial charge is 0.494 e. The monoisotopic (exact) mass is 481 g/mol. The number of rotatable bonds is 5. The van der Waals surface area contributed by atoms with Crippen LogP contribution in [0.4, 0.5) is 0 Å². The fraction of sp³-hybridized carbons (Fsp3) is 0.357. The molecule has 1 unspecified atom stereocenters. The fourth-order valence-corrected chi connectivity index (χ4v) is 6.32. The fourth-order valence-electron chi connectivity index (χ4n) is 6.32. The first-order valence-electron chi connectivity index (χ1n) is 12.5. The minimum atomic E-state index is -0.438. The molecule has 3 aromatic heterocycles. The summed E-state index contributed by atoms with van der Waals surface area (Å²) in [5, 5.41) is 16.9. The third kappa shape index (κ3) is 3.10. The van der Waals surface area contributed by atoms with Crippen LogP contribution in [-0.4, -0.2) is 62.9 Å². The van der Waals surface area contributed by atoms with Crippen LogP contribution in [0.3, 0.4) is 0 Å². The standard InChI is InChI=1S/C28H27N5O3/c1-36-22-10-21-27(30-26(22)20-7-3-5-16-4-2-6-19(16)20)25(32-31-21)17-8-9-23(29-12-17)28-11-18(28)13-33(15-28)24(35)14-34/h3,5,7-10,12,18,34H,2,4,6,11,13-15H2,1H3,(H,31,32)/t18?,28-/m1/s1. The number of likely N-dealkylation sites (tertiary alicyclic amines) is 1. The van der Waals surface area contributed by atoms with Crippen molar-refractivity contribution in [1.29, 1.82) is 0 Å². The van der Waals surface area contributed by atoms with Crippen molar-refractivity contribution < 1.29 is 14.6 Å². The van der Waals surface area contributed by atoms with Gasteiger partial charge in [0, 0.05) is 47.6 Å². The summed E-state index contributed by atoms with van der Waals surface area (Å²) in [5.41, 5.74) is 8.91. The molecule has 3 aliphatic rings. The number of carbonyl (C=O) groups excluding carboxylic acids is 1. The van der Waals surface area contributed by atoms with E-state index in [1.807, 2.05) is 18.3 Å². The molecule has 8 nitrogen and oxygen atoms in total. The first kappa shape index (κ1) is 21.5. The number of benzene rings is 1. The predicted molar refractivity (Wildman–Crippen MR) is 135 cm³/mol. The number of aliphatic hydroxyl groups excluding tert-OH is 1. The number of aliphatic hydroxyl groups is 1. The average Bonchev–Trinajstić information content (AvgIpc) is 3.31. The van der Waals surface area contributed by atoms with Gasteiger partial charge in [0.25, 0.3) is 0 Å². The Bertz CT molecular complexity index is 1510. The van der Waals surface area contributed by atoms with E-state index in [-0.39, 0.29) is 11.3 Å². The molecule has 0 spiro atoms. The van der Waals surface area contributed by atoms with Gasteiger partial charge in [0.1, 0.15) is 29.3 Å². The van der Waals surface area contributed by atoms with E-state index >= 15 is 0 Å². The number of hydrogen-bond donors (Lipinski definition) is 2. The zero-order chi connectivity index (χ0) is 24.4. The van der Waals surface area contributed by atoms with Crippen LogP contribution in [0, 0.1) is 5.92 Å². The van der Waals surface area contributed by atoms with Crippen LogP contribution in [-0.2, 0) is 23.1 Å². The Morgan fingerprint density at radius 3 is 2.97 bits per heavy atom. The lowest BCUT2D eigenvalue weighted by Gasteiger charge is -2.20. The molecule has 1 saturated carbocycles. The van der Waals surface area contributed by atoms with Gasteiger partial charge >= 0.3 is 0 Å². The Labute approximate surface area is 208 Å². The van der Waals surface area contributed by atoms with Crippen molar-refractivity contribution in [2.75, 3.05) is 26.8 Å². The molecule has 1 saturated heterocycles. The van der Waals surface area contributed by atoms with E-state index in [2.05, 4.69) is 34.5 Å². The van der Waals surface area contributed by atoms with Gasteiger partial charge in [-0.2, -0.15) is 5.10 Å². The number of aromatic nitrogens is 4. The smallest absolute Gasteiger partial charge is 0.248 e. The normalized spacial score (nSPS) is 22.1. The number of carbonyl (C=O) groups is 1. The molecule has 182 valence electrons. The van der Waals surface area contributed by atoms with E-state index in [9.17, 15) is 9.90 Å². The third-order valence-electron chi connectivity index (χ3n) is 8.30. The highest BCUT2D eigenvalue weighted by molar-refractivity contribution is 5.93. The van der Waals surface area contributed by atoms with Gasteiger partial charge in [-0.15, -0.1) is 0 Å². The molecular weight excluding hydrogens is 454 g/mol. The Balaban J connectivity index is 1.25. The number of nitrogens with zero attached hydrogens (tertiary/aromatic N) is 4. The second-order valence-electron chi connectivity index (χ2n) is 10.2. The molecule has 4 aromatic rings. The first-order chi connectivity index (χ1) is 17.6. The third-order valence-corrected chi connectivity index (χ3v) is 8.30. The number of pyridine rings is 2. The van der Waals surface area contributed by atoms with Crippen LogP contribution >= 0.6 is 0 Å². The summed E-state index contributed by atoms with van der Waals surface area (Å²) in [7, 11) is 1.68. The predicted octanol–water partition coefficient (Wildman–Crippen LogP) is 3.28. The van der Waals surface area contributed by atoms with Gasteiger partial charge < -0.3 is 14.7 Å². The summed E-state index contributed by atoms with van der Waals surface area (Å²) in [6, 6.07) is 12.5. The Morgan fingerprint density at radius 1 is 1.25 bits per heavy atom. The number of hydrogen-bond acceptors (Lipinski definition) is 6. The molecule has 0 radical (unpaired) electrons. The number of aryl methyl sites for hydroxylation is 1. The minimum Gasteiger partial charge on any atom is -0.494 e. The number of methoxy groups -OCH3 is 1. The maximum Gasteiger partial charge on any atom is 0.248 e. The van der Waals surface area contributed by atoms with Crippen LogP contribution in [0.1, 0.15) is 29.7 Å². The lowest BCUT2D eigenvalue weighted by molar-refractivity contribution is -0.133. The van der Waals surface area contributed by atoms with Gasteiger partial charge in [-0.1, -0.05) is 18.2 Å². The molecule has 2 atom stereocenters. The Kier molecular flexibility index (Phi) is 4.70. The zero-order valence-corrected chi connectivity index (χ0v) is 20.1. The van der Waals surface area contributed by atoms with Gasteiger partial charge in [0.15, 0.2) is 0 Å². The quantitative estimate of drug-likeness (QED) is 0.453. The van der Waals surface area contributed by atoms with Gasteiger partial charge in [-0.25, -0.2) is 4.98 Å². The molecule has 1 aromatic carbocycles. The summed E-state index contributed by atoms with van der Waals surface area (Å²) in [4.78, 5) is 23.6. The number of ether oxygens (including phenoxy) is 1. The molecule has 7 rings (SSSR count). The van der Waals surface area contributed by atoms with Crippen molar-refractivity contribution in [1.82, 2.24) is 25.1 Å². The maximum atomic E-state index is 12.0. The van der Waals surface area contributed by atoms with Gasteiger partial charge in [0.05, 0.1) is 12.6 Å². The zero-order valence-electron chi connectivity index (χ0n) is 20.1. The van der Waals surface area contributed by atoms with E-state index < -0.39 is 6.61 Å². The van der Waals surface area contributed by atoms with Crippen molar-refractivity contribution in [2.45, 2.75) is 31.1 Å². The average molecular weight is 482 g/mol. The van der Waals surface area contributed by atoms with Crippen LogP contribution in [0.15, 0.2) is 42.6 Å². The van der Waals surface area contributed by atoms with Crippen molar-refractivity contribution in [3.8, 4) is 28.3 Å². The molecule has 2 aliphatic carbocycles. The Hall–Kier alpha value is -3.78. The summed E-state index contributed by atoms with van der Waals surface area (Å²) in [5.74, 6) is 0.943. The van der Waals surface area contributed by atoms with Crippen molar-refractivity contribution in [3.63, 3.8) is 0 Å². The van der Waals surface area contributed by atoms with Crippen LogP contribution < -0.4 is 4.74 Å². The SMILES string of the molecule is COc1cc2[nH]nc(-c3ccc([C@@]45CC4CN(C(=O)CO)C5)nc3)c2nc1-c1cccc2c1CCC2. The number of nitrogens with one attached hydrogen (secondary N) is 1. The van der Waals surface area contributed by atoms with Crippen molar-refractivity contribution in [3.05, 3.63) is 59.4 Å². The van der Waals surface area contributed by atoms with E-state index in [1.165, 1.54) is 17.5 Å². The van der Waals surface area contributed by atoms with E-state index in [0.29, 0.717) is 19.0 Å². The minimum absolute atomic E-state index is 0.0799. The number of amides is 1. The molecule has 36 heavy (non-hydrogen) atoms. The highest BCUT2D eigenvalue weighted by Crippen LogP contribution is 2.58. The Morgan fingerprint density at radius 2 is 2.17 bits per heavy atom. The molecule has 8 heteroatoms. The highest BCUT2D eigenvalue weighted by Gasteiger charge is 2.62. The molecular formula is C28H27N5O3. The maximum absolute atomic E-state index is 12.0. The van der Waals surface area contributed by atoms with Crippen molar-refractivity contribution in [2.24, 2.45) is 5.92 Å². The van der Waals surface area contributed by atoms with E-state index in [0.717, 1.165) is 64.3 Å². The summed E-state index contributed by atoms with van der Waals surface area (Å²) in [6.07, 6.45) is 6.22. The molecule has 2 fully saturated rings. The van der Waals surface area contributed by atoms with Crippen molar-refractivity contribution >= 4 is 16.9 Å². The van der Waals surface area contributed by atoms with E-state index in [4.69, 9.17) is 14.7 Å². The second kappa shape index (κ2) is 7.86. The van der Waals surface area contributed by atoms with Gasteiger partial charge in [-0.05, 0) is 54.9 Å². The molecule has 1 amide bonds. The van der Waals surface area contributed by atoms with Crippen LogP contribution in [0.2, 0.25) is 0 Å². The van der Waals surface area contributed by atoms with Crippen LogP contribution in [0.25, 0.3) is 33.5 Å². The number of H-pyrrole nitrogens is 1. The molecule has 1 aliphatic heterocycles. The summed E-state index contributed by atoms with van der Waals surface area (Å²) >= 11 is 0. The van der Waals surface area contributed by atoms with Gasteiger partial charge in [0.2, 0.25) is 5.91 Å². The second-order valence-corrected chi connectivity index (χ2v) is 10.2. The van der Waals surface area contributed by atoms with Gasteiger partial charge in [-0.3, -0.25) is 14.9 Å². The molecule has 4 heterocycles. The molecule has 0 bridgehead atoms. The summed E-state index contributed by atoms with van der Waals surface area (Å²) < 4.78 is 5.74. The lowest BCUT2D eigenvalue weighted by Crippen LogP contribution is -2.34. The topological polar surface area (TPSA) is 104 Å².